The molecule has 7 nitrogen and oxygen atoms in total. The van der Waals surface area contributed by atoms with Gasteiger partial charge in [0.1, 0.15) is 18.4 Å². The van der Waals surface area contributed by atoms with Crippen LogP contribution in [0.25, 0.3) is 0 Å². The molecule has 2 amide bonds. The van der Waals surface area contributed by atoms with Crippen molar-refractivity contribution in [1.82, 2.24) is 10.2 Å². The lowest BCUT2D eigenvalue weighted by atomic mass is 10.0. The molecular weight excluding hydrogens is 624 g/mol. The van der Waals surface area contributed by atoms with Gasteiger partial charge in [-0.2, -0.15) is 0 Å². The summed E-state index contributed by atoms with van der Waals surface area (Å²) in [5, 5.41) is 3.01. The molecule has 0 aliphatic rings. The molecule has 0 heterocycles. The minimum Gasteiger partial charge on any atom is -0.355 e. The van der Waals surface area contributed by atoms with Crippen LogP contribution in [0.2, 0.25) is 10.0 Å². The van der Waals surface area contributed by atoms with Crippen LogP contribution in [-0.2, 0) is 32.6 Å². The molecule has 0 saturated carbocycles. The molecule has 1 atom stereocenters. The van der Waals surface area contributed by atoms with E-state index in [4.69, 9.17) is 23.2 Å². The van der Waals surface area contributed by atoms with E-state index in [-0.39, 0.29) is 45.7 Å². The zero-order chi connectivity index (χ0) is 31.9. The summed E-state index contributed by atoms with van der Waals surface area (Å²) in [6, 6.07) is 24.4. The van der Waals surface area contributed by atoms with Crippen LogP contribution in [0.15, 0.2) is 102 Å². The van der Waals surface area contributed by atoms with Gasteiger partial charge in [-0.15, -0.1) is 0 Å². The molecule has 4 aromatic carbocycles. The summed E-state index contributed by atoms with van der Waals surface area (Å²) in [5.74, 6) is -1.77. The number of halogens is 3. The van der Waals surface area contributed by atoms with E-state index in [2.05, 4.69) is 5.32 Å². The summed E-state index contributed by atoms with van der Waals surface area (Å²) in [6.07, 6.45) is 0.107. The van der Waals surface area contributed by atoms with E-state index in [1.807, 2.05) is 37.3 Å². The molecule has 0 spiro atoms. The highest BCUT2D eigenvalue weighted by Gasteiger charge is 2.35. The van der Waals surface area contributed by atoms with Crippen molar-refractivity contribution in [1.29, 1.82) is 0 Å². The van der Waals surface area contributed by atoms with Gasteiger partial charge in [0.2, 0.25) is 11.8 Å². The maximum atomic E-state index is 14.9. The highest BCUT2D eigenvalue weighted by atomic mass is 35.5. The number of likely N-dealkylation sites (N-methyl/N-ethyl adjacent to an activating group) is 1. The van der Waals surface area contributed by atoms with Crippen molar-refractivity contribution in [2.45, 2.75) is 37.8 Å². The van der Waals surface area contributed by atoms with Crippen molar-refractivity contribution in [2.24, 2.45) is 0 Å². The summed E-state index contributed by atoms with van der Waals surface area (Å²) in [5.41, 5.74) is 1.75. The third kappa shape index (κ3) is 7.96. The largest absolute Gasteiger partial charge is 0.355 e. The van der Waals surface area contributed by atoms with Gasteiger partial charge < -0.3 is 10.2 Å². The number of carbonyl (C=O) groups excluding carboxylic acids is 2. The fourth-order valence-corrected chi connectivity index (χ4v) is 6.54. The number of sulfonamides is 1. The van der Waals surface area contributed by atoms with Gasteiger partial charge in [-0.05, 0) is 55.8 Å². The second kappa shape index (κ2) is 14.7. The van der Waals surface area contributed by atoms with E-state index in [0.717, 1.165) is 15.4 Å². The van der Waals surface area contributed by atoms with Crippen LogP contribution in [0.1, 0.15) is 23.6 Å². The predicted octanol–water partition coefficient (Wildman–Crippen LogP) is 6.41. The van der Waals surface area contributed by atoms with Crippen molar-refractivity contribution in [3.05, 3.63) is 130 Å². The van der Waals surface area contributed by atoms with E-state index < -0.39 is 40.2 Å². The van der Waals surface area contributed by atoms with Crippen molar-refractivity contribution in [2.75, 3.05) is 17.4 Å². The van der Waals surface area contributed by atoms with E-state index in [1.165, 1.54) is 53.4 Å². The zero-order valence-electron chi connectivity index (χ0n) is 24.2. The van der Waals surface area contributed by atoms with Crippen molar-refractivity contribution < 1.29 is 22.4 Å². The first-order valence-corrected chi connectivity index (χ1v) is 16.1. The van der Waals surface area contributed by atoms with Gasteiger partial charge in [0, 0.05) is 30.1 Å². The first-order chi connectivity index (χ1) is 21.0. The molecule has 0 aromatic heterocycles. The van der Waals surface area contributed by atoms with Crippen molar-refractivity contribution in [3.63, 3.8) is 0 Å². The fraction of sp³-hybridized carbons (Fsp3) is 0.212. The minimum atomic E-state index is -4.37. The third-order valence-corrected chi connectivity index (χ3v) is 9.31. The number of hydrogen-bond donors (Lipinski definition) is 1. The highest BCUT2D eigenvalue weighted by molar-refractivity contribution is 7.92. The van der Waals surface area contributed by atoms with Crippen LogP contribution >= 0.6 is 23.2 Å². The van der Waals surface area contributed by atoms with Gasteiger partial charge in [-0.25, -0.2) is 12.8 Å². The van der Waals surface area contributed by atoms with E-state index >= 15 is 0 Å². The molecule has 4 rings (SSSR count). The predicted molar refractivity (Wildman–Crippen MR) is 172 cm³/mol. The fourth-order valence-electron chi connectivity index (χ4n) is 4.68. The first kappa shape index (κ1) is 33.0. The number of amides is 2. The Balaban J connectivity index is 1.83. The number of aryl methyl sites for hydroxylation is 1. The Labute approximate surface area is 267 Å². The molecule has 0 saturated heterocycles. The number of hydrogen-bond acceptors (Lipinski definition) is 4. The van der Waals surface area contributed by atoms with E-state index in [1.54, 1.807) is 25.1 Å². The number of anilines is 1. The molecule has 0 radical (unpaired) electrons. The molecule has 230 valence electrons. The first-order valence-electron chi connectivity index (χ1n) is 13.9. The molecule has 4 aromatic rings. The Morgan fingerprint density at radius 1 is 0.909 bits per heavy atom. The summed E-state index contributed by atoms with van der Waals surface area (Å²) >= 11 is 12.7. The Bertz CT molecular complexity index is 1720. The minimum absolute atomic E-state index is 0.0171. The van der Waals surface area contributed by atoms with Crippen LogP contribution in [0.4, 0.5) is 10.1 Å². The van der Waals surface area contributed by atoms with Gasteiger partial charge >= 0.3 is 0 Å². The molecule has 11 heteroatoms. The lowest BCUT2D eigenvalue weighted by Crippen LogP contribution is -2.53. The quantitative estimate of drug-likeness (QED) is 0.191. The van der Waals surface area contributed by atoms with Gasteiger partial charge in [-0.3, -0.25) is 13.9 Å². The second-order valence-electron chi connectivity index (χ2n) is 10.1. The average Bonchev–Trinajstić information content (AvgIpc) is 3.00. The van der Waals surface area contributed by atoms with Gasteiger partial charge in [0.15, 0.2) is 0 Å². The smallest absolute Gasteiger partial charge is 0.264 e. The Kier molecular flexibility index (Phi) is 11.0. The number of nitrogens with zero attached hydrogens (tertiary/aromatic N) is 2. The third-order valence-electron chi connectivity index (χ3n) is 6.99. The van der Waals surface area contributed by atoms with E-state index in [9.17, 15) is 22.4 Å². The average molecular weight is 657 g/mol. The standard InChI is InChI=1S/C33H32Cl2FN3O4S/c1-3-37-33(41)31(19-24-9-5-4-6-10-24)38(21-25-11-7-8-12-29(25)36)32(40)22-39(30-20-26(34)15-18-28(30)35)44(42,43)27-16-13-23(2)14-17-27/h4-18,20,31H,3,19,21-22H2,1-2H3,(H,37,41)/t31-/m1/s1. The number of benzene rings is 4. The molecular formula is C33H32Cl2FN3O4S. The van der Waals surface area contributed by atoms with Crippen LogP contribution in [0, 0.1) is 12.7 Å². The number of rotatable bonds is 12. The zero-order valence-corrected chi connectivity index (χ0v) is 26.5. The maximum Gasteiger partial charge on any atom is 0.264 e. The Morgan fingerprint density at radius 2 is 1.57 bits per heavy atom. The van der Waals surface area contributed by atoms with Crippen LogP contribution < -0.4 is 9.62 Å². The number of nitrogens with one attached hydrogen (secondary N) is 1. The normalized spacial score (nSPS) is 11.9. The second-order valence-corrected chi connectivity index (χ2v) is 12.8. The molecule has 0 bridgehead atoms. The maximum absolute atomic E-state index is 14.9. The summed E-state index contributed by atoms with van der Waals surface area (Å²) in [7, 11) is -4.37. The van der Waals surface area contributed by atoms with Gasteiger partial charge in [0.25, 0.3) is 10.0 Å². The Morgan fingerprint density at radius 3 is 2.23 bits per heavy atom. The molecule has 0 unspecified atom stereocenters. The molecule has 1 N–H and O–H groups in total. The SMILES string of the molecule is CCNC(=O)[C@@H](Cc1ccccc1)N(Cc1ccccc1F)C(=O)CN(c1cc(Cl)ccc1Cl)S(=O)(=O)c1ccc(C)cc1. The van der Waals surface area contributed by atoms with Crippen molar-refractivity contribution in [3.8, 4) is 0 Å². The highest BCUT2D eigenvalue weighted by Crippen LogP contribution is 2.33. The van der Waals surface area contributed by atoms with E-state index in [0.29, 0.717) is 0 Å². The summed E-state index contributed by atoms with van der Waals surface area (Å²) in [6.45, 7) is 2.83. The Hall–Kier alpha value is -3.92. The monoisotopic (exact) mass is 655 g/mol. The topological polar surface area (TPSA) is 86.8 Å². The summed E-state index contributed by atoms with van der Waals surface area (Å²) < 4.78 is 44.0. The lowest BCUT2D eigenvalue weighted by Gasteiger charge is -2.34. The molecule has 0 aliphatic carbocycles. The lowest BCUT2D eigenvalue weighted by molar-refractivity contribution is -0.140. The van der Waals surface area contributed by atoms with Gasteiger partial charge in [0.05, 0.1) is 15.6 Å². The van der Waals surface area contributed by atoms with Gasteiger partial charge in [-0.1, -0.05) is 89.4 Å². The molecule has 44 heavy (non-hydrogen) atoms. The molecule has 0 fully saturated rings. The van der Waals surface area contributed by atoms with Crippen molar-refractivity contribution >= 4 is 50.7 Å². The van der Waals surface area contributed by atoms with Crippen LogP contribution in [-0.4, -0.2) is 44.3 Å². The number of carbonyl (C=O) groups is 2. The van der Waals surface area contributed by atoms with Crippen LogP contribution in [0.3, 0.4) is 0 Å². The summed E-state index contributed by atoms with van der Waals surface area (Å²) in [4.78, 5) is 29.0. The molecule has 0 aliphatic heterocycles. The van der Waals surface area contributed by atoms with Crippen LogP contribution in [0.5, 0.6) is 0 Å².